The number of carboxylic acid groups (broad SMARTS) is 1. The number of aromatic nitrogens is 2. The van der Waals surface area contributed by atoms with Crippen LogP contribution >= 0.6 is 0 Å². The van der Waals surface area contributed by atoms with Crippen LogP contribution in [0, 0.1) is 0 Å². The molecule has 1 heterocycles. The van der Waals surface area contributed by atoms with Crippen LogP contribution in [0.25, 0.3) is 46.1 Å². The first-order chi connectivity index (χ1) is 16.6. The molecular formula is C30H26N2O2. The van der Waals surface area contributed by atoms with E-state index in [0.717, 1.165) is 63.9 Å². The summed E-state index contributed by atoms with van der Waals surface area (Å²) in [5.74, 6) is -0.105. The van der Waals surface area contributed by atoms with E-state index in [1.807, 2.05) is 37.3 Å². The van der Waals surface area contributed by atoms with Crippen molar-refractivity contribution < 1.29 is 9.90 Å². The number of H-pyrrole nitrogens is 1. The number of carbonyl (C=O) groups is 1. The number of rotatable bonds is 6. The minimum atomic E-state index is -0.959. The van der Waals surface area contributed by atoms with Gasteiger partial charge in [-0.2, -0.15) is 0 Å². The minimum Gasteiger partial charge on any atom is -0.478 e. The molecule has 0 unspecified atom stereocenters. The van der Waals surface area contributed by atoms with Gasteiger partial charge in [0.25, 0.3) is 0 Å². The maximum absolute atomic E-state index is 10.8. The van der Waals surface area contributed by atoms with Crippen molar-refractivity contribution in [2.24, 2.45) is 0 Å². The van der Waals surface area contributed by atoms with Crippen molar-refractivity contribution in [3.05, 3.63) is 101 Å². The largest absolute Gasteiger partial charge is 0.478 e. The standard InChI is InChI=1S/C30H26N2O2/c1-2-4-20-7-12-23(13-8-20)28-29(24-14-9-21(10-15-24)11-18-27(33)34)32-30(31-28)26-17-16-22-5-3-6-25(22)19-26/h2,4,7-19H,3,5-6H2,1H3,(H,31,32)(H,33,34)/b4-2+,18-11+. The van der Waals surface area contributed by atoms with E-state index in [2.05, 4.69) is 53.5 Å². The summed E-state index contributed by atoms with van der Waals surface area (Å²) in [5.41, 5.74) is 9.84. The zero-order valence-electron chi connectivity index (χ0n) is 19.1. The molecule has 34 heavy (non-hydrogen) atoms. The zero-order chi connectivity index (χ0) is 23.5. The number of carboxylic acids is 1. The fourth-order valence-corrected chi connectivity index (χ4v) is 4.52. The van der Waals surface area contributed by atoms with Crippen molar-refractivity contribution >= 4 is 18.1 Å². The molecule has 168 valence electrons. The lowest BCUT2D eigenvalue weighted by atomic mass is 10.0. The number of nitrogens with zero attached hydrogens (tertiary/aromatic N) is 1. The number of hydrogen-bond acceptors (Lipinski definition) is 2. The van der Waals surface area contributed by atoms with E-state index in [4.69, 9.17) is 10.1 Å². The Bertz CT molecular complexity index is 1390. The Balaban J connectivity index is 1.58. The second-order valence-electron chi connectivity index (χ2n) is 8.56. The molecule has 0 saturated carbocycles. The van der Waals surface area contributed by atoms with Crippen molar-refractivity contribution in [3.8, 4) is 33.9 Å². The van der Waals surface area contributed by atoms with Crippen molar-refractivity contribution in [2.45, 2.75) is 26.2 Å². The molecule has 4 aromatic rings. The van der Waals surface area contributed by atoms with Crippen molar-refractivity contribution in [1.29, 1.82) is 0 Å². The van der Waals surface area contributed by atoms with Gasteiger partial charge < -0.3 is 10.1 Å². The van der Waals surface area contributed by atoms with Gasteiger partial charge in [-0.05, 0) is 60.6 Å². The Hall–Kier alpha value is -4.18. The quantitative estimate of drug-likeness (QED) is 0.313. The summed E-state index contributed by atoms with van der Waals surface area (Å²) in [6.45, 7) is 2.01. The van der Waals surface area contributed by atoms with Gasteiger partial charge in [0.2, 0.25) is 0 Å². The monoisotopic (exact) mass is 446 g/mol. The number of benzene rings is 3. The Labute approximate surface area is 199 Å². The summed E-state index contributed by atoms with van der Waals surface area (Å²) < 4.78 is 0. The third-order valence-corrected chi connectivity index (χ3v) is 6.24. The predicted molar refractivity (Wildman–Crippen MR) is 138 cm³/mol. The van der Waals surface area contributed by atoms with Crippen molar-refractivity contribution in [3.63, 3.8) is 0 Å². The van der Waals surface area contributed by atoms with Crippen LogP contribution in [-0.4, -0.2) is 21.0 Å². The first kappa shape index (κ1) is 21.7. The van der Waals surface area contributed by atoms with Gasteiger partial charge in [-0.3, -0.25) is 0 Å². The van der Waals surface area contributed by atoms with Crippen molar-refractivity contribution in [1.82, 2.24) is 9.97 Å². The molecule has 0 fully saturated rings. The van der Waals surface area contributed by atoms with Gasteiger partial charge in [0.1, 0.15) is 5.82 Å². The summed E-state index contributed by atoms with van der Waals surface area (Å²) in [6, 6.07) is 22.9. The fraction of sp³-hybridized carbons (Fsp3) is 0.133. The molecule has 4 heteroatoms. The average molecular weight is 447 g/mol. The Kier molecular flexibility index (Phi) is 5.96. The first-order valence-electron chi connectivity index (χ1n) is 11.6. The van der Waals surface area contributed by atoms with E-state index in [1.165, 1.54) is 17.5 Å². The van der Waals surface area contributed by atoms with Gasteiger partial charge in [-0.1, -0.05) is 72.8 Å². The van der Waals surface area contributed by atoms with E-state index in [9.17, 15) is 4.79 Å². The van der Waals surface area contributed by atoms with Crippen LogP contribution in [0.5, 0.6) is 0 Å². The van der Waals surface area contributed by atoms with Crippen LogP contribution in [-0.2, 0) is 17.6 Å². The number of nitrogens with one attached hydrogen (secondary N) is 1. The van der Waals surface area contributed by atoms with E-state index in [1.54, 1.807) is 6.08 Å². The Morgan fingerprint density at radius 3 is 2.21 bits per heavy atom. The molecule has 0 radical (unpaired) electrons. The molecular weight excluding hydrogens is 420 g/mol. The minimum absolute atomic E-state index is 0.831. The second-order valence-corrected chi connectivity index (χ2v) is 8.56. The Morgan fingerprint density at radius 2 is 1.50 bits per heavy atom. The number of aryl methyl sites for hydroxylation is 2. The van der Waals surface area contributed by atoms with E-state index in [-0.39, 0.29) is 0 Å². The molecule has 3 aromatic carbocycles. The highest BCUT2D eigenvalue weighted by Gasteiger charge is 2.17. The number of hydrogen-bond donors (Lipinski definition) is 2. The highest BCUT2D eigenvalue weighted by molar-refractivity contribution is 5.86. The third-order valence-electron chi connectivity index (χ3n) is 6.24. The van der Waals surface area contributed by atoms with Gasteiger partial charge in [-0.15, -0.1) is 0 Å². The molecule has 5 rings (SSSR count). The van der Waals surface area contributed by atoms with Crippen LogP contribution in [0.2, 0.25) is 0 Å². The van der Waals surface area contributed by atoms with Crippen LogP contribution < -0.4 is 0 Å². The molecule has 4 nitrogen and oxygen atoms in total. The maximum Gasteiger partial charge on any atom is 0.328 e. The molecule has 1 aromatic heterocycles. The van der Waals surface area contributed by atoms with Gasteiger partial charge in [0.15, 0.2) is 0 Å². The van der Waals surface area contributed by atoms with Gasteiger partial charge >= 0.3 is 5.97 Å². The van der Waals surface area contributed by atoms with Gasteiger partial charge in [0, 0.05) is 22.8 Å². The van der Waals surface area contributed by atoms with E-state index in [0.29, 0.717) is 0 Å². The number of fused-ring (bicyclic) bond motifs is 1. The predicted octanol–water partition coefficient (Wildman–Crippen LogP) is 7.03. The molecule has 2 N–H and O–H groups in total. The average Bonchev–Trinajstić information content (AvgIpc) is 3.51. The topological polar surface area (TPSA) is 66.0 Å². The Morgan fingerprint density at radius 1 is 0.853 bits per heavy atom. The highest BCUT2D eigenvalue weighted by atomic mass is 16.4. The molecule has 0 spiro atoms. The van der Waals surface area contributed by atoms with Crippen molar-refractivity contribution in [2.75, 3.05) is 0 Å². The summed E-state index contributed by atoms with van der Waals surface area (Å²) >= 11 is 0. The fourth-order valence-electron chi connectivity index (χ4n) is 4.52. The molecule has 0 amide bonds. The summed E-state index contributed by atoms with van der Waals surface area (Å²) in [6.07, 6.45) is 10.3. The molecule has 0 saturated heterocycles. The number of aromatic amines is 1. The second kappa shape index (κ2) is 9.36. The SMILES string of the molecule is C/C=C/c1ccc(-c2[nH]c(-c3ccc4c(c3)CCC4)nc2-c2ccc(/C=C/C(=O)O)cc2)cc1. The molecule has 1 aliphatic carbocycles. The van der Waals surface area contributed by atoms with Crippen LogP contribution in [0.4, 0.5) is 0 Å². The summed E-state index contributed by atoms with van der Waals surface area (Å²) in [4.78, 5) is 19.5. The molecule has 1 aliphatic rings. The lowest BCUT2D eigenvalue weighted by molar-refractivity contribution is -0.131. The lowest BCUT2D eigenvalue weighted by Gasteiger charge is -2.05. The zero-order valence-corrected chi connectivity index (χ0v) is 19.1. The third kappa shape index (κ3) is 4.48. The molecule has 0 aliphatic heterocycles. The number of imidazole rings is 1. The van der Waals surface area contributed by atoms with E-state index >= 15 is 0 Å². The van der Waals surface area contributed by atoms with Crippen LogP contribution in [0.3, 0.4) is 0 Å². The number of aliphatic carboxylic acids is 1. The maximum atomic E-state index is 10.8. The number of allylic oxidation sites excluding steroid dienone is 1. The van der Waals surface area contributed by atoms with Gasteiger partial charge in [-0.25, -0.2) is 9.78 Å². The highest BCUT2D eigenvalue weighted by Crippen LogP contribution is 2.35. The first-order valence-corrected chi connectivity index (χ1v) is 11.6. The lowest BCUT2D eigenvalue weighted by Crippen LogP contribution is -1.87. The summed E-state index contributed by atoms with van der Waals surface area (Å²) in [7, 11) is 0. The van der Waals surface area contributed by atoms with Crippen LogP contribution in [0.1, 0.15) is 35.6 Å². The smallest absolute Gasteiger partial charge is 0.328 e. The van der Waals surface area contributed by atoms with E-state index < -0.39 is 5.97 Å². The normalized spacial score (nSPS) is 13.1. The molecule has 0 atom stereocenters. The van der Waals surface area contributed by atoms with Gasteiger partial charge in [0.05, 0.1) is 11.4 Å². The summed E-state index contributed by atoms with van der Waals surface area (Å²) in [5, 5.41) is 8.89. The molecule has 0 bridgehead atoms. The van der Waals surface area contributed by atoms with Crippen LogP contribution in [0.15, 0.2) is 78.9 Å².